The summed E-state index contributed by atoms with van der Waals surface area (Å²) in [4.78, 5) is 27.7. The minimum atomic E-state index is -5.08. The fraction of sp³-hybridized carbons (Fsp3) is 0.389. The lowest BCUT2D eigenvalue weighted by molar-refractivity contribution is -0.193. The second kappa shape index (κ2) is 13.3. The van der Waals surface area contributed by atoms with Crippen molar-refractivity contribution in [2.24, 2.45) is 0 Å². The van der Waals surface area contributed by atoms with Gasteiger partial charge in [-0.25, -0.2) is 14.6 Å². The van der Waals surface area contributed by atoms with Crippen LogP contribution in [0.25, 0.3) is 11.4 Å². The van der Waals surface area contributed by atoms with Crippen molar-refractivity contribution >= 4 is 11.9 Å². The van der Waals surface area contributed by atoms with Gasteiger partial charge in [-0.2, -0.15) is 26.3 Å². The number of rotatable bonds is 6. The number of carboxylic acids is 2. The first kappa shape index (κ1) is 28.9. The Morgan fingerprint density at radius 2 is 1.50 bits per heavy atom. The number of aromatic amines is 1. The standard InChI is InChI=1S/C14H19N3O.2C2HF3O2/c1-17(8-9-18-2)11-13-10-15-14(16-13)12-6-4-3-5-7-12;2*3-2(4,5)1(6)7/h3-7,10H,8-9,11H2,1-2H3,(H,15,16);2*(H,6,7). The van der Waals surface area contributed by atoms with E-state index in [1.54, 1.807) is 7.11 Å². The van der Waals surface area contributed by atoms with Crippen LogP contribution >= 0.6 is 0 Å². The predicted molar refractivity (Wildman–Crippen MR) is 99.6 cm³/mol. The zero-order valence-corrected chi connectivity index (χ0v) is 16.9. The number of nitrogens with zero attached hydrogens (tertiary/aromatic N) is 2. The number of methoxy groups -OCH3 is 1. The van der Waals surface area contributed by atoms with Gasteiger partial charge in [0, 0.05) is 37.7 Å². The summed E-state index contributed by atoms with van der Waals surface area (Å²) in [7, 11) is 3.79. The molecule has 0 saturated carbocycles. The number of carbonyl (C=O) groups is 2. The van der Waals surface area contributed by atoms with Gasteiger partial charge in [-0.15, -0.1) is 0 Å². The monoisotopic (exact) mass is 473 g/mol. The Kier molecular flexibility index (Phi) is 12.0. The molecule has 8 nitrogen and oxygen atoms in total. The molecule has 0 spiro atoms. The Morgan fingerprint density at radius 1 is 1.03 bits per heavy atom. The van der Waals surface area contributed by atoms with Crippen LogP contribution in [0.3, 0.4) is 0 Å². The van der Waals surface area contributed by atoms with Crippen LogP contribution in [0.1, 0.15) is 5.69 Å². The number of alkyl halides is 6. The predicted octanol–water partition coefficient (Wildman–Crippen LogP) is 3.42. The van der Waals surface area contributed by atoms with Crippen LogP contribution < -0.4 is 0 Å². The van der Waals surface area contributed by atoms with E-state index in [0.717, 1.165) is 36.8 Å². The zero-order valence-electron chi connectivity index (χ0n) is 16.9. The summed E-state index contributed by atoms with van der Waals surface area (Å²) in [6.07, 6.45) is -8.27. The molecule has 0 unspecified atom stereocenters. The molecule has 0 fully saturated rings. The van der Waals surface area contributed by atoms with Crippen LogP contribution in [0.15, 0.2) is 36.5 Å². The molecule has 0 amide bonds. The largest absolute Gasteiger partial charge is 0.490 e. The molecule has 3 N–H and O–H groups in total. The number of nitrogens with one attached hydrogen (secondary N) is 1. The summed E-state index contributed by atoms with van der Waals surface area (Å²) < 4.78 is 68.5. The highest BCUT2D eigenvalue weighted by atomic mass is 19.4. The zero-order chi connectivity index (χ0) is 24.9. The molecule has 180 valence electrons. The smallest absolute Gasteiger partial charge is 0.475 e. The Hall–Kier alpha value is -3.13. The van der Waals surface area contributed by atoms with E-state index < -0.39 is 24.3 Å². The molecule has 0 aliphatic rings. The molecule has 0 radical (unpaired) electrons. The molecule has 0 aliphatic carbocycles. The van der Waals surface area contributed by atoms with Crippen molar-refractivity contribution in [1.29, 1.82) is 0 Å². The number of hydrogen-bond acceptors (Lipinski definition) is 5. The summed E-state index contributed by atoms with van der Waals surface area (Å²) in [6.45, 7) is 2.51. The maximum atomic E-state index is 10.6. The number of halogens is 6. The molecule has 0 saturated heterocycles. The van der Waals surface area contributed by atoms with Gasteiger partial charge in [0.2, 0.25) is 0 Å². The fourth-order valence-electron chi connectivity index (χ4n) is 1.80. The van der Waals surface area contributed by atoms with E-state index >= 15 is 0 Å². The molecule has 14 heteroatoms. The van der Waals surface area contributed by atoms with Gasteiger partial charge >= 0.3 is 24.3 Å². The molecule has 32 heavy (non-hydrogen) atoms. The number of ether oxygens (including phenoxy) is 1. The SMILES string of the molecule is COCCN(C)Cc1cnc(-c2ccccc2)[nH]1.O=C(O)C(F)(F)F.O=C(O)C(F)(F)F. The van der Waals surface area contributed by atoms with E-state index in [4.69, 9.17) is 24.5 Å². The molecule has 2 rings (SSSR count). The molecule has 1 heterocycles. The average Bonchev–Trinajstić information content (AvgIpc) is 3.15. The van der Waals surface area contributed by atoms with E-state index in [9.17, 15) is 26.3 Å². The van der Waals surface area contributed by atoms with Crippen molar-refractivity contribution in [3.05, 3.63) is 42.2 Å². The van der Waals surface area contributed by atoms with E-state index in [-0.39, 0.29) is 0 Å². The quantitative estimate of drug-likeness (QED) is 0.551. The highest BCUT2D eigenvalue weighted by Crippen LogP contribution is 2.15. The lowest BCUT2D eigenvalue weighted by Crippen LogP contribution is -2.22. The summed E-state index contributed by atoms with van der Waals surface area (Å²) in [5.41, 5.74) is 2.23. The Balaban J connectivity index is 0.000000570. The number of hydrogen-bond donors (Lipinski definition) is 3. The maximum absolute atomic E-state index is 10.6. The van der Waals surface area contributed by atoms with Crippen molar-refractivity contribution < 1.29 is 50.9 Å². The van der Waals surface area contributed by atoms with Gasteiger partial charge < -0.3 is 19.9 Å². The van der Waals surface area contributed by atoms with E-state index in [1.165, 1.54) is 0 Å². The number of aromatic nitrogens is 2. The van der Waals surface area contributed by atoms with Gasteiger partial charge in [-0.05, 0) is 7.05 Å². The topological polar surface area (TPSA) is 116 Å². The van der Waals surface area contributed by atoms with Crippen molar-refractivity contribution in [3.8, 4) is 11.4 Å². The normalized spacial score (nSPS) is 11.2. The molecule has 0 aliphatic heterocycles. The number of imidazole rings is 1. The van der Waals surface area contributed by atoms with Crippen molar-refractivity contribution in [3.63, 3.8) is 0 Å². The lowest BCUT2D eigenvalue weighted by atomic mass is 10.2. The molecular weight excluding hydrogens is 452 g/mol. The van der Waals surface area contributed by atoms with Gasteiger partial charge in [-0.3, -0.25) is 4.90 Å². The van der Waals surface area contributed by atoms with Gasteiger partial charge in [0.05, 0.1) is 6.61 Å². The van der Waals surface area contributed by atoms with Crippen LogP contribution in [-0.4, -0.2) is 76.7 Å². The number of H-pyrrole nitrogens is 1. The Bertz CT molecular complexity index is 801. The minimum Gasteiger partial charge on any atom is -0.475 e. The molecule has 0 atom stereocenters. The van der Waals surface area contributed by atoms with Gasteiger partial charge in [-0.1, -0.05) is 30.3 Å². The first-order valence-corrected chi connectivity index (χ1v) is 8.55. The number of benzene rings is 1. The fourth-order valence-corrected chi connectivity index (χ4v) is 1.80. The van der Waals surface area contributed by atoms with Crippen LogP contribution in [-0.2, 0) is 20.9 Å². The first-order chi connectivity index (χ1) is 14.7. The summed E-state index contributed by atoms with van der Waals surface area (Å²) >= 11 is 0. The number of likely N-dealkylation sites (N-methyl/N-ethyl adjacent to an activating group) is 1. The van der Waals surface area contributed by atoms with E-state index in [0.29, 0.717) is 0 Å². The van der Waals surface area contributed by atoms with Crippen molar-refractivity contribution in [2.75, 3.05) is 27.3 Å². The molecule has 0 bridgehead atoms. The Morgan fingerprint density at radius 3 is 1.91 bits per heavy atom. The van der Waals surface area contributed by atoms with E-state index in [2.05, 4.69) is 34.0 Å². The third-order valence-electron chi connectivity index (χ3n) is 3.28. The Labute approximate surface area is 178 Å². The molecule has 1 aromatic carbocycles. The van der Waals surface area contributed by atoms with Crippen molar-refractivity contribution in [1.82, 2.24) is 14.9 Å². The average molecular weight is 473 g/mol. The van der Waals surface area contributed by atoms with E-state index in [1.807, 2.05) is 24.4 Å². The van der Waals surface area contributed by atoms with Crippen LogP contribution in [0.5, 0.6) is 0 Å². The lowest BCUT2D eigenvalue weighted by Gasteiger charge is -2.14. The summed E-state index contributed by atoms with van der Waals surface area (Å²) in [6, 6.07) is 10.1. The first-order valence-electron chi connectivity index (χ1n) is 8.55. The highest BCUT2D eigenvalue weighted by Gasteiger charge is 2.38. The van der Waals surface area contributed by atoms with Crippen LogP contribution in [0, 0.1) is 0 Å². The number of aliphatic carboxylic acids is 2. The molecular formula is C18H21F6N3O5. The highest BCUT2D eigenvalue weighted by molar-refractivity contribution is 5.73. The van der Waals surface area contributed by atoms with Crippen molar-refractivity contribution in [2.45, 2.75) is 18.9 Å². The van der Waals surface area contributed by atoms with Gasteiger partial charge in [0.25, 0.3) is 0 Å². The third kappa shape index (κ3) is 12.5. The second-order valence-electron chi connectivity index (χ2n) is 5.96. The summed E-state index contributed by atoms with van der Waals surface area (Å²) in [5, 5.41) is 14.2. The van der Waals surface area contributed by atoms with Crippen LogP contribution in [0.4, 0.5) is 26.3 Å². The van der Waals surface area contributed by atoms with Gasteiger partial charge in [0.15, 0.2) is 0 Å². The second-order valence-corrected chi connectivity index (χ2v) is 5.96. The third-order valence-corrected chi connectivity index (χ3v) is 3.28. The molecule has 1 aromatic heterocycles. The minimum absolute atomic E-state index is 0.746. The molecule has 2 aromatic rings. The summed E-state index contributed by atoms with van der Waals surface area (Å²) in [5.74, 6) is -4.59. The maximum Gasteiger partial charge on any atom is 0.490 e. The van der Waals surface area contributed by atoms with Gasteiger partial charge in [0.1, 0.15) is 5.82 Å². The number of carboxylic acid groups (broad SMARTS) is 2. The van der Waals surface area contributed by atoms with Crippen LogP contribution in [0.2, 0.25) is 0 Å².